The molecule has 1 saturated heterocycles. The number of hydrogen-bond acceptors (Lipinski definition) is 3. The largest absolute Gasteiger partial charge is 0.393 e. The molecule has 3 rings (SSSR count). The average molecular weight is 355 g/mol. The van der Waals surface area contributed by atoms with E-state index in [1.165, 1.54) is 29.2 Å². The molecule has 1 aliphatic heterocycles. The van der Waals surface area contributed by atoms with Crippen LogP contribution in [0.1, 0.15) is 25.3 Å². The van der Waals surface area contributed by atoms with E-state index in [4.69, 9.17) is 0 Å². The smallest absolute Gasteiger partial charge is 0.228 e. The van der Waals surface area contributed by atoms with Crippen LogP contribution >= 0.6 is 0 Å². The zero-order valence-electron chi connectivity index (χ0n) is 14.7. The van der Waals surface area contributed by atoms with E-state index in [2.05, 4.69) is 0 Å². The number of carbonyl (C=O) groups is 2. The summed E-state index contributed by atoms with van der Waals surface area (Å²) in [6, 6.07) is 15.1. The number of anilines is 1. The molecule has 0 bridgehead atoms. The van der Waals surface area contributed by atoms with E-state index < -0.39 is 18.0 Å². The van der Waals surface area contributed by atoms with Gasteiger partial charge in [0.1, 0.15) is 11.4 Å². The van der Waals surface area contributed by atoms with Crippen LogP contribution in [0.2, 0.25) is 0 Å². The van der Waals surface area contributed by atoms with Crippen LogP contribution < -0.4 is 4.90 Å². The third kappa shape index (κ3) is 3.15. The summed E-state index contributed by atoms with van der Waals surface area (Å²) in [5.41, 5.74) is 0.158. The molecule has 0 aromatic heterocycles. The van der Waals surface area contributed by atoms with Gasteiger partial charge in [0.15, 0.2) is 5.78 Å². The topological polar surface area (TPSA) is 57.6 Å². The number of Topliss-reactive ketones (excluding diaryl/α,β-unsaturated/α-hetero) is 1. The highest BCUT2D eigenvalue weighted by molar-refractivity contribution is 6.08. The number of benzene rings is 2. The molecule has 0 aliphatic carbocycles. The van der Waals surface area contributed by atoms with E-state index in [0.29, 0.717) is 12.1 Å². The Bertz CT molecular complexity index is 791. The van der Waals surface area contributed by atoms with E-state index in [9.17, 15) is 19.1 Å². The molecule has 0 radical (unpaired) electrons. The predicted octanol–water partition coefficient (Wildman–Crippen LogP) is 3.13. The van der Waals surface area contributed by atoms with Crippen molar-refractivity contribution in [1.29, 1.82) is 0 Å². The lowest BCUT2D eigenvalue weighted by atomic mass is 9.80. The summed E-state index contributed by atoms with van der Waals surface area (Å²) >= 11 is 0. The normalized spacial score (nSPS) is 22.7. The van der Waals surface area contributed by atoms with Gasteiger partial charge in [-0.1, -0.05) is 37.3 Å². The molecule has 0 saturated carbocycles. The van der Waals surface area contributed by atoms with E-state index in [-0.39, 0.29) is 30.4 Å². The standard InChI is InChI=1S/C21H22FNO3/c1-15-13-20(26)23(18-10-8-17(22)9-11-18)21(15,14-24)19(25)12-7-16-5-3-2-4-6-16/h2-6,8-11,15,24H,7,12-14H2,1H3. The molecule has 1 fully saturated rings. The van der Waals surface area contributed by atoms with Gasteiger partial charge in [-0.3, -0.25) is 14.5 Å². The van der Waals surface area contributed by atoms with Crippen molar-refractivity contribution >= 4 is 17.4 Å². The van der Waals surface area contributed by atoms with Crippen molar-refractivity contribution in [3.8, 4) is 0 Å². The zero-order chi connectivity index (χ0) is 18.7. The van der Waals surface area contributed by atoms with Crippen LogP contribution in [0.5, 0.6) is 0 Å². The second-order valence-electron chi connectivity index (χ2n) is 6.80. The third-order valence-corrected chi connectivity index (χ3v) is 5.24. The van der Waals surface area contributed by atoms with E-state index in [1.54, 1.807) is 6.92 Å². The molecule has 2 unspecified atom stereocenters. The molecule has 2 atom stereocenters. The molecule has 4 nitrogen and oxygen atoms in total. The number of aliphatic hydroxyl groups excluding tert-OH is 1. The lowest BCUT2D eigenvalue weighted by Gasteiger charge is -2.38. The van der Waals surface area contributed by atoms with Crippen LogP contribution in [-0.2, 0) is 16.0 Å². The number of ketones is 1. The number of hydrogen-bond donors (Lipinski definition) is 1. The van der Waals surface area contributed by atoms with Crippen LogP contribution in [-0.4, -0.2) is 28.9 Å². The first-order valence-electron chi connectivity index (χ1n) is 8.75. The maximum atomic E-state index is 13.3. The van der Waals surface area contributed by atoms with Crippen molar-refractivity contribution in [2.75, 3.05) is 11.5 Å². The van der Waals surface area contributed by atoms with Crippen LogP contribution in [0.4, 0.5) is 10.1 Å². The minimum Gasteiger partial charge on any atom is -0.393 e. The van der Waals surface area contributed by atoms with Gasteiger partial charge in [0.05, 0.1) is 6.61 Å². The fourth-order valence-corrected chi connectivity index (χ4v) is 3.76. The van der Waals surface area contributed by atoms with Gasteiger partial charge in [-0.15, -0.1) is 0 Å². The lowest BCUT2D eigenvalue weighted by Crippen LogP contribution is -2.58. The van der Waals surface area contributed by atoms with Crippen molar-refractivity contribution in [3.63, 3.8) is 0 Å². The number of halogens is 1. The van der Waals surface area contributed by atoms with Crippen molar-refractivity contribution in [1.82, 2.24) is 0 Å². The van der Waals surface area contributed by atoms with Crippen LogP contribution in [0.3, 0.4) is 0 Å². The Labute approximate surface area is 152 Å². The Hall–Kier alpha value is -2.53. The summed E-state index contributed by atoms with van der Waals surface area (Å²) in [7, 11) is 0. The summed E-state index contributed by atoms with van der Waals surface area (Å²) in [5.74, 6) is -1.15. The molecule has 1 aliphatic rings. The highest BCUT2D eigenvalue weighted by atomic mass is 19.1. The van der Waals surface area contributed by atoms with Gasteiger partial charge >= 0.3 is 0 Å². The quantitative estimate of drug-likeness (QED) is 0.866. The average Bonchev–Trinajstić information content (AvgIpc) is 2.91. The van der Waals surface area contributed by atoms with Gasteiger partial charge in [0.25, 0.3) is 0 Å². The minimum atomic E-state index is -1.30. The zero-order valence-corrected chi connectivity index (χ0v) is 14.7. The first kappa shape index (κ1) is 18.3. The molecule has 0 spiro atoms. The van der Waals surface area contributed by atoms with Gasteiger partial charge in [0, 0.05) is 18.5 Å². The number of aryl methyl sites for hydroxylation is 1. The summed E-state index contributed by atoms with van der Waals surface area (Å²) in [6.45, 7) is 1.35. The fraction of sp³-hybridized carbons (Fsp3) is 0.333. The molecule has 1 amide bonds. The van der Waals surface area contributed by atoms with E-state index >= 15 is 0 Å². The maximum absolute atomic E-state index is 13.3. The molecule has 5 heteroatoms. The molecular weight excluding hydrogens is 333 g/mol. The monoisotopic (exact) mass is 355 g/mol. The summed E-state index contributed by atoms with van der Waals surface area (Å²) < 4.78 is 13.3. The molecule has 1 N–H and O–H groups in total. The first-order chi connectivity index (χ1) is 12.5. The van der Waals surface area contributed by atoms with E-state index in [1.807, 2.05) is 30.3 Å². The van der Waals surface area contributed by atoms with Crippen molar-refractivity contribution < 1.29 is 19.1 Å². The van der Waals surface area contributed by atoms with Crippen molar-refractivity contribution in [2.24, 2.45) is 5.92 Å². The lowest BCUT2D eigenvalue weighted by molar-refractivity contribution is -0.128. The number of aliphatic hydroxyl groups is 1. The maximum Gasteiger partial charge on any atom is 0.228 e. The Kier molecular flexibility index (Phi) is 5.18. The number of rotatable bonds is 6. The highest BCUT2D eigenvalue weighted by Gasteiger charge is 2.55. The Morgan fingerprint density at radius 3 is 2.46 bits per heavy atom. The second kappa shape index (κ2) is 7.38. The van der Waals surface area contributed by atoms with Crippen LogP contribution in [0.15, 0.2) is 54.6 Å². The van der Waals surface area contributed by atoms with Crippen molar-refractivity contribution in [2.45, 2.75) is 31.7 Å². The molecule has 136 valence electrons. The first-order valence-corrected chi connectivity index (χ1v) is 8.75. The number of amides is 1. The molecular formula is C21H22FNO3. The number of carbonyl (C=O) groups excluding carboxylic acids is 2. The molecule has 2 aromatic carbocycles. The third-order valence-electron chi connectivity index (χ3n) is 5.24. The van der Waals surface area contributed by atoms with Crippen LogP contribution in [0, 0.1) is 11.7 Å². The molecule has 1 heterocycles. The molecule has 2 aromatic rings. The summed E-state index contributed by atoms with van der Waals surface area (Å²) in [5, 5.41) is 10.2. The van der Waals surface area contributed by atoms with Gasteiger partial charge in [-0.2, -0.15) is 0 Å². The van der Waals surface area contributed by atoms with Gasteiger partial charge in [-0.25, -0.2) is 4.39 Å². The Morgan fingerprint density at radius 2 is 1.85 bits per heavy atom. The van der Waals surface area contributed by atoms with Gasteiger partial charge in [-0.05, 0) is 42.2 Å². The Morgan fingerprint density at radius 1 is 1.19 bits per heavy atom. The second-order valence-corrected chi connectivity index (χ2v) is 6.80. The predicted molar refractivity (Wildman–Crippen MR) is 97.3 cm³/mol. The number of nitrogens with zero attached hydrogens (tertiary/aromatic N) is 1. The van der Waals surface area contributed by atoms with Gasteiger partial charge in [0.2, 0.25) is 5.91 Å². The summed E-state index contributed by atoms with van der Waals surface area (Å²) in [4.78, 5) is 27.1. The molecule has 26 heavy (non-hydrogen) atoms. The SMILES string of the molecule is CC1CC(=O)N(c2ccc(F)cc2)C1(CO)C(=O)CCc1ccccc1. The highest BCUT2D eigenvalue weighted by Crippen LogP contribution is 2.40. The van der Waals surface area contributed by atoms with E-state index in [0.717, 1.165) is 5.56 Å². The fourth-order valence-electron chi connectivity index (χ4n) is 3.76. The van der Waals surface area contributed by atoms with Crippen LogP contribution in [0.25, 0.3) is 0 Å². The Balaban J connectivity index is 1.91. The minimum absolute atomic E-state index is 0.175. The van der Waals surface area contributed by atoms with Gasteiger partial charge < -0.3 is 5.11 Å². The van der Waals surface area contributed by atoms with Crippen molar-refractivity contribution in [3.05, 3.63) is 66.0 Å². The summed E-state index contributed by atoms with van der Waals surface area (Å²) in [6.07, 6.45) is 0.939.